The molecule has 6 heteroatoms. The van der Waals surface area contributed by atoms with Crippen LogP contribution in [0.5, 0.6) is 0 Å². The summed E-state index contributed by atoms with van der Waals surface area (Å²) < 4.78 is 1.90. The lowest BCUT2D eigenvalue weighted by molar-refractivity contribution is -0.0253. The number of aryl methyl sites for hydroxylation is 1. The summed E-state index contributed by atoms with van der Waals surface area (Å²) in [5.41, 5.74) is 0.626. The highest BCUT2D eigenvalue weighted by molar-refractivity contribution is 5.83. The molecule has 1 aliphatic rings. The molecule has 1 aliphatic carbocycles. The van der Waals surface area contributed by atoms with Gasteiger partial charge in [-0.1, -0.05) is 27.2 Å². The topological polar surface area (TPSA) is 75.9 Å². The average Bonchev–Trinajstić information content (AvgIpc) is 2.94. The predicted octanol–water partition coefficient (Wildman–Crippen LogP) is 3.36. The van der Waals surface area contributed by atoms with Crippen LogP contribution < -0.4 is 5.32 Å². The minimum atomic E-state index is -0.930. The Labute approximate surface area is 143 Å². The SMILES string of the molecule is CCC(CC)Nc1nc([C@]2(O)CCC[C@@H](C)C2)nc2c1ncn2C. The van der Waals surface area contributed by atoms with Gasteiger partial charge in [0.1, 0.15) is 11.1 Å². The van der Waals surface area contributed by atoms with Crippen LogP contribution in [-0.4, -0.2) is 30.7 Å². The van der Waals surface area contributed by atoms with E-state index in [1.165, 1.54) is 0 Å². The summed E-state index contributed by atoms with van der Waals surface area (Å²) in [6.45, 7) is 6.51. The molecule has 0 amide bonds. The third-order valence-corrected chi connectivity index (χ3v) is 5.28. The lowest BCUT2D eigenvalue weighted by Crippen LogP contribution is -2.34. The molecular weight excluding hydrogens is 302 g/mol. The molecule has 6 nitrogen and oxygen atoms in total. The van der Waals surface area contributed by atoms with Gasteiger partial charge in [-0.15, -0.1) is 0 Å². The van der Waals surface area contributed by atoms with Gasteiger partial charge in [0, 0.05) is 13.1 Å². The molecule has 0 aliphatic heterocycles. The van der Waals surface area contributed by atoms with Gasteiger partial charge in [0.05, 0.1) is 6.33 Å². The summed E-state index contributed by atoms with van der Waals surface area (Å²) in [6.07, 6.45) is 7.42. The molecule has 132 valence electrons. The molecule has 3 rings (SSSR count). The molecule has 2 N–H and O–H groups in total. The molecule has 0 aromatic carbocycles. The third-order valence-electron chi connectivity index (χ3n) is 5.28. The highest BCUT2D eigenvalue weighted by Crippen LogP contribution is 2.39. The number of nitrogens with one attached hydrogen (secondary N) is 1. The van der Waals surface area contributed by atoms with Crippen LogP contribution in [-0.2, 0) is 12.6 Å². The Morgan fingerprint density at radius 1 is 1.38 bits per heavy atom. The maximum absolute atomic E-state index is 11.2. The molecule has 2 aromatic heterocycles. The summed E-state index contributed by atoms with van der Waals surface area (Å²) in [5.74, 6) is 1.78. The van der Waals surface area contributed by atoms with Crippen molar-refractivity contribution in [3.63, 3.8) is 0 Å². The van der Waals surface area contributed by atoms with Crippen molar-refractivity contribution < 1.29 is 5.11 Å². The maximum Gasteiger partial charge on any atom is 0.165 e. The Bertz CT molecular complexity index is 709. The number of rotatable bonds is 5. The Morgan fingerprint density at radius 2 is 2.12 bits per heavy atom. The zero-order valence-electron chi connectivity index (χ0n) is 15.2. The van der Waals surface area contributed by atoms with Crippen LogP contribution in [0.4, 0.5) is 5.82 Å². The summed E-state index contributed by atoms with van der Waals surface area (Å²) in [5, 5.41) is 14.7. The summed E-state index contributed by atoms with van der Waals surface area (Å²) in [4.78, 5) is 13.9. The van der Waals surface area contributed by atoms with Gasteiger partial charge in [-0.05, 0) is 38.0 Å². The second kappa shape index (κ2) is 6.67. The van der Waals surface area contributed by atoms with Crippen molar-refractivity contribution in [2.75, 3.05) is 5.32 Å². The summed E-state index contributed by atoms with van der Waals surface area (Å²) >= 11 is 0. The van der Waals surface area contributed by atoms with E-state index in [1.807, 2.05) is 11.6 Å². The van der Waals surface area contributed by atoms with Gasteiger partial charge in [-0.25, -0.2) is 15.0 Å². The zero-order chi connectivity index (χ0) is 17.3. The standard InChI is InChI=1S/C18H29N5O/c1-5-13(6-2)20-15-14-16(23(4)11-19-14)22-17(21-15)18(24)9-7-8-12(3)10-18/h11-13,24H,5-10H2,1-4H3,(H,20,21,22)/t12-,18+/m1/s1. The van der Waals surface area contributed by atoms with Gasteiger partial charge in [-0.3, -0.25) is 0 Å². The number of nitrogens with zero attached hydrogens (tertiary/aromatic N) is 4. The van der Waals surface area contributed by atoms with Crippen LogP contribution in [0.15, 0.2) is 6.33 Å². The van der Waals surface area contributed by atoms with E-state index < -0.39 is 5.60 Å². The van der Waals surface area contributed by atoms with E-state index in [0.717, 1.165) is 55.5 Å². The molecule has 2 atom stereocenters. The quantitative estimate of drug-likeness (QED) is 0.878. The maximum atomic E-state index is 11.2. The van der Waals surface area contributed by atoms with E-state index in [0.29, 0.717) is 17.8 Å². The van der Waals surface area contributed by atoms with Crippen molar-refractivity contribution in [1.82, 2.24) is 19.5 Å². The highest BCUT2D eigenvalue weighted by Gasteiger charge is 2.38. The van der Waals surface area contributed by atoms with Gasteiger partial charge in [-0.2, -0.15) is 0 Å². The molecule has 0 spiro atoms. The van der Waals surface area contributed by atoms with Gasteiger partial charge in [0.15, 0.2) is 17.3 Å². The lowest BCUT2D eigenvalue weighted by atomic mass is 9.78. The Kier molecular flexibility index (Phi) is 4.76. The summed E-state index contributed by atoms with van der Waals surface area (Å²) in [7, 11) is 1.93. The summed E-state index contributed by atoms with van der Waals surface area (Å²) in [6, 6.07) is 0.345. The second-order valence-electron chi connectivity index (χ2n) is 7.31. The first-order valence-corrected chi connectivity index (χ1v) is 9.15. The van der Waals surface area contributed by atoms with Gasteiger partial charge >= 0.3 is 0 Å². The normalized spacial score (nSPS) is 24.7. The van der Waals surface area contributed by atoms with Gasteiger partial charge in [0.2, 0.25) is 0 Å². The van der Waals surface area contributed by atoms with E-state index in [4.69, 9.17) is 4.98 Å². The molecule has 24 heavy (non-hydrogen) atoms. The number of aromatic nitrogens is 4. The van der Waals surface area contributed by atoms with Crippen LogP contribution in [0, 0.1) is 5.92 Å². The fourth-order valence-corrected chi connectivity index (χ4v) is 3.73. The largest absolute Gasteiger partial charge is 0.382 e. The van der Waals surface area contributed by atoms with Crippen LogP contribution in [0.3, 0.4) is 0 Å². The number of hydrogen-bond donors (Lipinski definition) is 2. The Hall–Kier alpha value is -1.69. The first-order chi connectivity index (χ1) is 11.5. The minimum absolute atomic E-state index is 0.345. The number of aliphatic hydroxyl groups is 1. The van der Waals surface area contributed by atoms with E-state index in [-0.39, 0.29) is 0 Å². The zero-order valence-corrected chi connectivity index (χ0v) is 15.2. The van der Waals surface area contributed by atoms with E-state index >= 15 is 0 Å². The van der Waals surface area contributed by atoms with Gasteiger partial charge in [0.25, 0.3) is 0 Å². The van der Waals surface area contributed by atoms with Crippen molar-refractivity contribution in [2.45, 2.75) is 70.9 Å². The van der Waals surface area contributed by atoms with Crippen molar-refractivity contribution in [3.8, 4) is 0 Å². The molecule has 0 radical (unpaired) electrons. The molecule has 2 aromatic rings. The predicted molar refractivity (Wildman–Crippen MR) is 95.8 cm³/mol. The average molecular weight is 331 g/mol. The van der Waals surface area contributed by atoms with Crippen LogP contribution in [0.25, 0.3) is 11.2 Å². The van der Waals surface area contributed by atoms with Crippen molar-refractivity contribution in [1.29, 1.82) is 0 Å². The molecule has 1 saturated carbocycles. The van der Waals surface area contributed by atoms with E-state index in [9.17, 15) is 5.11 Å². The van der Waals surface area contributed by atoms with Crippen molar-refractivity contribution in [2.24, 2.45) is 13.0 Å². The Morgan fingerprint density at radius 3 is 2.79 bits per heavy atom. The fourth-order valence-electron chi connectivity index (χ4n) is 3.73. The number of hydrogen-bond acceptors (Lipinski definition) is 5. The highest BCUT2D eigenvalue weighted by atomic mass is 16.3. The van der Waals surface area contributed by atoms with Gasteiger partial charge < -0.3 is 15.0 Å². The molecule has 0 saturated heterocycles. The second-order valence-corrected chi connectivity index (χ2v) is 7.31. The first kappa shape index (κ1) is 17.1. The van der Waals surface area contributed by atoms with E-state index in [2.05, 4.69) is 36.1 Å². The van der Waals surface area contributed by atoms with Crippen molar-refractivity contribution in [3.05, 3.63) is 12.2 Å². The van der Waals surface area contributed by atoms with Crippen LogP contribution in [0.2, 0.25) is 0 Å². The first-order valence-electron chi connectivity index (χ1n) is 9.15. The van der Waals surface area contributed by atoms with Crippen LogP contribution >= 0.6 is 0 Å². The fraction of sp³-hybridized carbons (Fsp3) is 0.722. The van der Waals surface area contributed by atoms with E-state index in [1.54, 1.807) is 6.33 Å². The molecular formula is C18H29N5O. The smallest absolute Gasteiger partial charge is 0.165 e. The lowest BCUT2D eigenvalue weighted by Gasteiger charge is -2.34. The molecule has 0 bridgehead atoms. The number of anilines is 1. The molecule has 1 fully saturated rings. The Balaban J connectivity index is 2.07. The molecule has 2 heterocycles. The monoisotopic (exact) mass is 331 g/mol. The molecule has 0 unspecified atom stereocenters. The number of fused-ring (bicyclic) bond motifs is 1. The van der Waals surface area contributed by atoms with Crippen LogP contribution in [0.1, 0.15) is 65.1 Å². The number of imidazole rings is 1. The third kappa shape index (κ3) is 3.11. The minimum Gasteiger partial charge on any atom is -0.382 e. The van der Waals surface area contributed by atoms with Crippen molar-refractivity contribution >= 4 is 17.0 Å².